The number of anilines is 3. The van der Waals surface area contributed by atoms with Gasteiger partial charge in [-0.05, 0) is 12.1 Å². The zero-order chi connectivity index (χ0) is 15.7. The Balaban J connectivity index is 2.44. The lowest BCUT2D eigenvalue weighted by atomic mass is 10.2. The van der Waals surface area contributed by atoms with Crippen LogP contribution in [0.4, 0.5) is 40.3 Å². The van der Waals surface area contributed by atoms with Crippen LogP contribution in [-0.2, 0) is 0 Å². The van der Waals surface area contributed by atoms with Gasteiger partial charge in [-0.15, -0.1) is 0 Å². The Morgan fingerprint density at radius 1 is 1.05 bits per heavy atom. The lowest BCUT2D eigenvalue weighted by molar-refractivity contribution is -0.383. The second kappa shape index (κ2) is 5.27. The van der Waals surface area contributed by atoms with Crippen LogP contribution in [0.1, 0.15) is 0 Å². The summed E-state index contributed by atoms with van der Waals surface area (Å²) in [5.41, 5.74) is 3.59. The molecule has 0 bridgehead atoms. The summed E-state index contributed by atoms with van der Waals surface area (Å²) >= 11 is 0. The van der Waals surface area contributed by atoms with E-state index in [0.29, 0.717) is 0 Å². The van der Waals surface area contributed by atoms with E-state index < -0.39 is 39.6 Å². The van der Waals surface area contributed by atoms with Gasteiger partial charge in [0.05, 0.1) is 4.92 Å². The minimum absolute atomic E-state index is 0.0686. The number of hydrogen-bond acceptors (Lipinski definition) is 4. The molecule has 0 aromatic heterocycles. The molecule has 2 aromatic carbocycles. The first-order chi connectivity index (χ1) is 9.81. The number of benzene rings is 2. The molecule has 0 aliphatic heterocycles. The van der Waals surface area contributed by atoms with Crippen LogP contribution in [0.3, 0.4) is 0 Å². The molecule has 21 heavy (non-hydrogen) atoms. The largest absolute Gasteiger partial charge is 0.393 e. The normalized spacial score (nSPS) is 10.5. The highest BCUT2D eigenvalue weighted by Gasteiger charge is 2.20. The van der Waals surface area contributed by atoms with Crippen molar-refractivity contribution in [1.82, 2.24) is 0 Å². The number of nitrogens with zero attached hydrogens (tertiary/aromatic N) is 1. The van der Waals surface area contributed by atoms with Crippen molar-refractivity contribution in [1.29, 1.82) is 0 Å². The Bertz CT molecular complexity index is 711. The van der Waals surface area contributed by atoms with Gasteiger partial charge in [0, 0.05) is 17.8 Å². The molecular formula is C12H7F4N3O2. The molecule has 0 atom stereocenters. The van der Waals surface area contributed by atoms with Gasteiger partial charge >= 0.3 is 0 Å². The molecule has 0 radical (unpaired) electrons. The number of nitro benzene ring substituents is 1. The summed E-state index contributed by atoms with van der Waals surface area (Å²) in [6.45, 7) is 0. The van der Waals surface area contributed by atoms with Gasteiger partial charge in [0.1, 0.15) is 11.4 Å². The predicted octanol–water partition coefficient (Wildman–Crippen LogP) is 3.48. The average Bonchev–Trinajstić information content (AvgIpc) is 2.41. The van der Waals surface area contributed by atoms with Crippen LogP contribution in [0.25, 0.3) is 0 Å². The van der Waals surface area contributed by atoms with E-state index in [4.69, 9.17) is 5.73 Å². The molecule has 0 saturated heterocycles. The van der Waals surface area contributed by atoms with E-state index >= 15 is 0 Å². The fourth-order valence-corrected chi connectivity index (χ4v) is 1.63. The third-order valence-electron chi connectivity index (χ3n) is 2.61. The maximum absolute atomic E-state index is 13.5. The van der Waals surface area contributed by atoms with Crippen LogP contribution >= 0.6 is 0 Å². The molecule has 110 valence electrons. The van der Waals surface area contributed by atoms with Gasteiger partial charge < -0.3 is 11.1 Å². The summed E-state index contributed by atoms with van der Waals surface area (Å²) < 4.78 is 53.0. The molecule has 2 aromatic rings. The van der Waals surface area contributed by atoms with Crippen LogP contribution in [0.5, 0.6) is 0 Å². The zero-order valence-corrected chi connectivity index (χ0v) is 10.2. The first-order valence-corrected chi connectivity index (χ1v) is 5.45. The first-order valence-electron chi connectivity index (χ1n) is 5.45. The summed E-state index contributed by atoms with van der Waals surface area (Å²) in [6, 6.07) is 3.17. The highest BCUT2D eigenvalue weighted by atomic mass is 19.2. The number of nitrogen functional groups attached to an aromatic ring is 1. The van der Waals surface area contributed by atoms with Crippen molar-refractivity contribution in [2.75, 3.05) is 11.1 Å². The highest BCUT2D eigenvalue weighted by Crippen LogP contribution is 2.30. The second-order valence-corrected chi connectivity index (χ2v) is 4.00. The monoisotopic (exact) mass is 301 g/mol. The van der Waals surface area contributed by atoms with Crippen molar-refractivity contribution in [2.24, 2.45) is 0 Å². The van der Waals surface area contributed by atoms with Crippen LogP contribution < -0.4 is 11.1 Å². The molecule has 0 aliphatic carbocycles. The van der Waals surface area contributed by atoms with Gasteiger partial charge in [-0.3, -0.25) is 10.1 Å². The Morgan fingerprint density at radius 2 is 1.62 bits per heavy atom. The molecule has 9 heteroatoms. The number of nitrogens with one attached hydrogen (secondary N) is 1. The van der Waals surface area contributed by atoms with Crippen molar-refractivity contribution in [2.45, 2.75) is 0 Å². The van der Waals surface area contributed by atoms with E-state index in [-0.39, 0.29) is 17.4 Å². The van der Waals surface area contributed by atoms with E-state index in [1.165, 1.54) is 0 Å². The van der Waals surface area contributed by atoms with Gasteiger partial charge in [0.15, 0.2) is 23.3 Å². The van der Waals surface area contributed by atoms with E-state index in [1.807, 2.05) is 0 Å². The number of nitro groups is 1. The molecule has 2 rings (SSSR count). The summed E-state index contributed by atoms with van der Waals surface area (Å²) in [5, 5.41) is 12.7. The Labute approximate surface area is 115 Å². The first kappa shape index (κ1) is 14.6. The lowest BCUT2D eigenvalue weighted by Crippen LogP contribution is -2.04. The Morgan fingerprint density at radius 3 is 2.10 bits per heavy atom. The number of rotatable bonds is 3. The van der Waals surface area contributed by atoms with Crippen LogP contribution in [0, 0.1) is 33.4 Å². The molecule has 0 saturated carbocycles. The number of hydrogen-bond donors (Lipinski definition) is 2. The summed E-state index contributed by atoms with van der Waals surface area (Å²) in [5.74, 6) is -6.39. The van der Waals surface area contributed by atoms with E-state index in [9.17, 15) is 27.7 Å². The maximum Gasteiger partial charge on any atom is 0.292 e. The summed E-state index contributed by atoms with van der Waals surface area (Å²) in [6.07, 6.45) is 0. The van der Waals surface area contributed by atoms with Crippen LogP contribution in [0.15, 0.2) is 24.3 Å². The predicted molar refractivity (Wildman–Crippen MR) is 67.1 cm³/mol. The molecule has 0 fully saturated rings. The van der Waals surface area contributed by atoms with Gasteiger partial charge in [0.25, 0.3) is 5.69 Å². The molecular weight excluding hydrogens is 294 g/mol. The summed E-state index contributed by atoms with van der Waals surface area (Å²) in [4.78, 5) is 9.83. The molecule has 0 aliphatic rings. The van der Waals surface area contributed by atoms with Crippen molar-refractivity contribution in [3.8, 4) is 0 Å². The third kappa shape index (κ3) is 2.71. The van der Waals surface area contributed by atoms with Crippen LogP contribution in [0.2, 0.25) is 0 Å². The van der Waals surface area contributed by atoms with Gasteiger partial charge in [0.2, 0.25) is 0 Å². The molecule has 5 nitrogen and oxygen atoms in total. The van der Waals surface area contributed by atoms with Crippen molar-refractivity contribution in [3.63, 3.8) is 0 Å². The average molecular weight is 301 g/mol. The van der Waals surface area contributed by atoms with Crippen LogP contribution in [-0.4, -0.2) is 4.92 Å². The standard InChI is InChI=1S/C12H7F4N3O2/c13-6-4-7(14)11(16)12(10(6)15)18-5-1-2-9(19(20)21)8(17)3-5/h1-4,18H,17H2. The molecule has 0 amide bonds. The van der Waals surface area contributed by atoms with Gasteiger partial charge in [-0.1, -0.05) is 0 Å². The fourth-order valence-electron chi connectivity index (χ4n) is 1.63. The topological polar surface area (TPSA) is 81.2 Å². The summed E-state index contributed by atoms with van der Waals surface area (Å²) in [7, 11) is 0. The minimum Gasteiger partial charge on any atom is -0.393 e. The second-order valence-electron chi connectivity index (χ2n) is 4.00. The van der Waals surface area contributed by atoms with E-state index in [2.05, 4.69) is 5.32 Å². The molecule has 0 unspecified atom stereocenters. The zero-order valence-electron chi connectivity index (χ0n) is 10.2. The lowest BCUT2D eigenvalue weighted by Gasteiger charge is -2.10. The fraction of sp³-hybridized carbons (Fsp3) is 0. The molecule has 0 heterocycles. The molecule has 3 N–H and O–H groups in total. The quantitative estimate of drug-likeness (QED) is 0.299. The van der Waals surface area contributed by atoms with Gasteiger partial charge in [-0.25, -0.2) is 17.6 Å². The highest BCUT2D eigenvalue weighted by molar-refractivity contribution is 5.70. The molecule has 0 spiro atoms. The SMILES string of the molecule is Nc1cc(Nc2c(F)c(F)cc(F)c2F)ccc1[N+](=O)[O-]. The maximum atomic E-state index is 13.5. The van der Waals surface area contributed by atoms with E-state index in [1.54, 1.807) is 0 Å². The number of halogens is 4. The van der Waals surface area contributed by atoms with Crippen molar-refractivity contribution >= 4 is 22.7 Å². The smallest absolute Gasteiger partial charge is 0.292 e. The minimum atomic E-state index is -1.62. The Hall–Kier alpha value is -2.84. The van der Waals surface area contributed by atoms with E-state index in [0.717, 1.165) is 18.2 Å². The van der Waals surface area contributed by atoms with Crippen molar-refractivity contribution in [3.05, 3.63) is 57.6 Å². The third-order valence-corrected chi connectivity index (χ3v) is 2.61. The number of nitrogens with two attached hydrogens (primary N) is 1. The Kier molecular flexibility index (Phi) is 3.66. The van der Waals surface area contributed by atoms with Gasteiger partial charge in [-0.2, -0.15) is 0 Å². The van der Waals surface area contributed by atoms with Crippen molar-refractivity contribution < 1.29 is 22.5 Å².